The minimum Gasteiger partial charge on any atom is -0.421 e. The molecule has 21 heavy (non-hydrogen) atoms. The molecule has 0 unspecified atom stereocenters. The smallest absolute Gasteiger partial charge is 0.247 e. The molecule has 0 radical (unpaired) electrons. The van der Waals surface area contributed by atoms with E-state index in [1.54, 1.807) is 19.1 Å². The summed E-state index contributed by atoms with van der Waals surface area (Å²) < 4.78 is 32.0. The summed E-state index contributed by atoms with van der Waals surface area (Å²) in [6.45, 7) is 1.68. The maximum atomic E-state index is 13.6. The lowest BCUT2D eigenvalue weighted by Gasteiger charge is -2.07. The first-order valence-electron chi connectivity index (χ1n) is 6.10. The Kier molecular flexibility index (Phi) is 3.31. The lowest BCUT2D eigenvalue weighted by atomic mass is 10.2. The number of hydrogen-bond donors (Lipinski definition) is 1. The largest absolute Gasteiger partial charge is 0.421 e. The number of pyridine rings is 1. The van der Waals surface area contributed by atoms with Gasteiger partial charge in [-0.05, 0) is 24.3 Å². The van der Waals surface area contributed by atoms with Crippen molar-refractivity contribution >= 4 is 11.5 Å². The molecule has 7 heteroatoms. The first-order chi connectivity index (χ1) is 10.1. The van der Waals surface area contributed by atoms with Crippen molar-refractivity contribution in [2.24, 2.45) is 0 Å². The van der Waals surface area contributed by atoms with Crippen LogP contribution in [0.5, 0.6) is 0 Å². The first-order valence-corrected chi connectivity index (χ1v) is 6.10. The Labute approximate surface area is 118 Å². The third-order valence-corrected chi connectivity index (χ3v) is 2.72. The number of halogens is 2. The maximum absolute atomic E-state index is 13.6. The maximum Gasteiger partial charge on any atom is 0.247 e. The van der Waals surface area contributed by atoms with Crippen molar-refractivity contribution in [1.29, 1.82) is 0 Å². The third-order valence-electron chi connectivity index (χ3n) is 2.72. The van der Waals surface area contributed by atoms with Crippen molar-refractivity contribution in [3.63, 3.8) is 0 Å². The van der Waals surface area contributed by atoms with E-state index in [0.717, 1.165) is 18.2 Å². The van der Waals surface area contributed by atoms with Crippen LogP contribution >= 0.6 is 0 Å². The van der Waals surface area contributed by atoms with Crippen molar-refractivity contribution in [2.75, 3.05) is 5.32 Å². The highest BCUT2D eigenvalue weighted by molar-refractivity contribution is 5.63. The van der Waals surface area contributed by atoms with Gasteiger partial charge in [-0.1, -0.05) is 0 Å². The van der Waals surface area contributed by atoms with Crippen molar-refractivity contribution in [3.8, 4) is 11.5 Å². The normalized spacial score (nSPS) is 10.6. The molecule has 1 aromatic carbocycles. The minimum absolute atomic E-state index is 0.00126. The number of benzene rings is 1. The van der Waals surface area contributed by atoms with E-state index in [1.165, 1.54) is 6.20 Å². The van der Waals surface area contributed by atoms with Gasteiger partial charge in [0.05, 0.1) is 5.69 Å². The Balaban J connectivity index is 1.91. The summed E-state index contributed by atoms with van der Waals surface area (Å²) in [5.41, 5.74) is 0.631. The second-order valence-corrected chi connectivity index (χ2v) is 4.31. The molecule has 3 rings (SSSR count). The molecule has 2 aromatic heterocycles. The van der Waals surface area contributed by atoms with Crippen LogP contribution in [0.2, 0.25) is 0 Å². The molecule has 106 valence electrons. The predicted molar refractivity (Wildman–Crippen MR) is 71.9 cm³/mol. The average Bonchev–Trinajstić information content (AvgIpc) is 2.90. The van der Waals surface area contributed by atoms with Gasteiger partial charge in [0.25, 0.3) is 0 Å². The monoisotopic (exact) mass is 288 g/mol. The summed E-state index contributed by atoms with van der Waals surface area (Å²) in [6, 6.07) is 6.44. The Morgan fingerprint density at radius 1 is 1.10 bits per heavy atom. The van der Waals surface area contributed by atoms with E-state index in [2.05, 4.69) is 20.5 Å². The molecule has 1 N–H and O–H groups in total. The summed E-state index contributed by atoms with van der Waals surface area (Å²) >= 11 is 0. The Morgan fingerprint density at radius 2 is 1.95 bits per heavy atom. The van der Waals surface area contributed by atoms with Gasteiger partial charge in [-0.2, -0.15) is 0 Å². The van der Waals surface area contributed by atoms with Crippen molar-refractivity contribution in [1.82, 2.24) is 15.2 Å². The van der Waals surface area contributed by atoms with E-state index < -0.39 is 11.6 Å². The molecule has 0 saturated heterocycles. The minimum atomic E-state index is -0.572. The topological polar surface area (TPSA) is 63.8 Å². The molecule has 0 saturated carbocycles. The number of nitrogens with zero attached hydrogens (tertiary/aromatic N) is 3. The molecule has 0 amide bonds. The van der Waals surface area contributed by atoms with Gasteiger partial charge in [0.2, 0.25) is 11.8 Å². The van der Waals surface area contributed by atoms with Gasteiger partial charge in [-0.3, -0.25) is 0 Å². The van der Waals surface area contributed by atoms with Gasteiger partial charge in [-0.25, -0.2) is 13.8 Å². The number of nitrogens with one attached hydrogen (secondary N) is 1. The second kappa shape index (κ2) is 5.28. The van der Waals surface area contributed by atoms with Crippen LogP contribution in [0.15, 0.2) is 40.9 Å². The zero-order valence-corrected chi connectivity index (χ0v) is 11.0. The number of aromatic nitrogens is 3. The van der Waals surface area contributed by atoms with Crippen LogP contribution in [0.3, 0.4) is 0 Å². The molecule has 0 aliphatic heterocycles. The van der Waals surface area contributed by atoms with Gasteiger partial charge in [0.15, 0.2) is 0 Å². The van der Waals surface area contributed by atoms with Crippen LogP contribution in [0.25, 0.3) is 11.5 Å². The molecule has 0 spiro atoms. The Hall–Kier alpha value is -2.83. The fourth-order valence-electron chi connectivity index (χ4n) is 1.78. The predicted octanol–water partition coefficient (Wildman–Crippen LogP) is 3.46. The van der Waals surface area contributed by atoms with Gasteiger partial charge in [-0.15, -0.1) is 10.2 Å². The fraction of sp³-hybridized carbons (Fsp3) is 0.0714. The summed E-state index contributed by atoms with van der Waals surface area (Å²) in [5, 5.41) is 10.3. The van der Waals surface area contributed by atoms with Gasteiger partial charge >= 0.3 is 0 Å². The number of rotatable bonds is 3. The average molecular weight is 288 g/mol. The lowest BCUT2D eigenvalue weighted by Crippen LogP contribution is -1.97. The zero-order chi connectivity index (χ0) is 14.8. The molecular formula is C14H10F2N4O. The van der Waals surface area contributed by atoms with Crippen LogP contribution in [-0.2, 0) is 0 Å². The molecule has 0 fully saturated rings. The first kappa shape index (κ1) is 13.2. The van der Waals surface area contributed by atoms with Crippen LogP contribution < -0.4 is 5.32 Å². The third kappa shape index (κ3) is 2.86. The summed E-state index contributed by atoms with van der Waals surface area (Å²) in [6.07, 6.45) is 1.51. The van der Waals surface area contributed by atoms with E-state index in [1.807, 2.05) is 0 Å². The number of hydrogen-bond acceptors (Lipinski definition) is 5. The lowest BCUT2D eigenvalue weighted by molar-refractivity contribution is 0.532. The Morgan fingerprint density at radius 3 is 2.71 bits per heavy atom. The van der Waals surface area contributed by atoms with Gasteiger partial charge in [0, 0.05) is 24.8 Å². The summed E-state index contributed by atoms with van der Waals surface area (Å²) in [4.78, 5) is 4.05. The standard InChI is InChI=1S/C14H10F2N4O/c1-8-19-20-14(21-8)9-4-5-17-13(6-9)18-12-7-10(15)2-3-11(12)16/h2-7H,1H3,(H,17,18). The van der Waals surface area contributed by atoms with Crippen molar-refractivity contribution in [3.05, 3.63) is 54.1 Å². The summed E-state index contributed by atoms with van der Waals surface area (Å²) in [5.74, 6) is -0.00201. The SMILES string of the molecule is Cc1nnc(-c2ccnc(Nc3cc(F)ccc3F)c2)o1. The highest BCUT2D eigenvalue weighted by Crippen LogP contribution is 2.23. The van der Waals surface area contributed by atoms with E-state index >= 15 is 0 Å². The molecule has 2 heterocycles. The van der Waals surface area contributed by atoms with Crippen LogP contribution in [-0.4, -0.2) is 15.2 Å². The second-order valence-electron chi connectivity index (χ2n) is 4.31. The van der Waals surface area contributed by atoms with Crippen LogP contribution in [0.1, 0.15) is 5.89 Å². The number of anilines is 2. The highest BCUT2D eigenvalue weighted by atomic mass is 19.1. The molecule has 5 nitrogen and oxygen atoms in total. The van der Waals surface area contributed by atoms with E-state index in [0.29, 0.717) is 23.2 Å². The highest BCUT2D eigenvalue weighted by Gasteiger charge is 2.09. The van der Waals surface area contributed by atoms with Crippen LogP contribution in [0, 0.1) is 18.6 Å². The molecule has 0 aliphatic rings. The number of aryl methyl sites for hydroxylation is 1. The summed E-state index contributed by atoms with van der Waals surface area (Å²) in [7, 11) is 0. The molecule has 0 atom stereocenters. The van der Waals surface area contributed by atoms with Crippen molar-refractivity contribution < 1.29 is 13.2 Å². The zero-order valence-electron chi connectivity index (χ0n) is 11.0. The van der Waals surface area contributed by atoms with Crippen LogP contribution in [0.4, 0.5) is 20.3 Å². The van der Waals surface area contributed by atoms with Gasteiger partial charge < -0.3 is 9.73 Å². The van der Waals surface area contributed by atoms with Gasteiger partial charge in [0.1, 0.15) is 17.5 Å². The molecule has 0 bridgehead atoms. The molecule has 0 aliphatic carbocycles. The fourth-order valence-corrected chi connectivity index (χ4v) is 1.78. The van der Waals surface area contributed by atoms with Crippen molar-refractivity contribution in [2.45, 2.75) is 6.92 Å². The molecular weight excluding hydrogens is 278 g/mol. The Bertz CT molecular complexity index is 788. The quantitative estimate of drug-likeness (QED) is 0.799. The molecule has 3 aromatic rings. The van der Waals surface area contributed by atoms with E-state index in [-0.39, 0.29) is 5.69 Å². The van der Waals surface area contributed by atoms with E-state index in [9.17, 15) is 8.78 Å². The van der Waals surface area contributed by atoms with E-state index in [4.69, 9.17) is 4.42 Å².